The first kappa shape index (κ1) is 12.6. The molecule has 4 nitrogen and oxygen atoms in total. The van der Waals surface area contributed by atoms with E-state index >= 15 is 0 Å². The number of aromatic nitrogens is 2. The minimum atomic E-state index is 0.428. The second-order valence-corrected chi connectivity index (χ2v) is 5.47. The quantitative estimate of drug-likeness (QED) is 0.944. The monoisotopic (exact) mass is 319 g/mol. The van der Waals surface area contributed by atoms with E-state index in [1.807, 2.05) is 6.07 Å². The number of rotatable bonds is 3. The highest BCUT2D eigenvalue weighted by Gasteiger charge is 2.17. The Hall–Kier alpha value is -1.46. The lowest BCUT2D eigenvalue weighted by Gasteiger charge is -2.11. The first-order valence-electron chi connectivity index (χ1n) is 6.26. The van der Waals surface area contributed by atoms with Crippen LogP contribution in [0.25, 0.3) is 0 Å². The number of hydrogen-bond acceptors (Lipinski definition) is 4. The van der Waals surface area contributed by atoms with E-state index in [2.05, 4.69) is 32.0 Å². The fourth-order valence-electron chi connectivity index (χ4n) is 2.30. The fraction of sp³-hybridized carbons (Fsp3) is 0.286. The Morgan fingerprint density at radius 3 is 2.95 bits per heavy atom. The molecule has 5 heteroatoms. The summed E-state index contributed by atoms with van der Waals surface area (Å²) in [6, 6.07) is 3.98. The van der Waals surface area contributed by atoms with Gasteiger partial charge < -0.3 is 10.5 Å². The van der Waals surface area contributed by atoms with Gasteiger partial charge in [-0.15, -0.1) is 0 Å². The summed E-state index contributed by atoms with van der Waals surface area (Å²) in [5.41, 5.74) is 9.17. The second kappa shape index (κ2) is 5.27. The summed E-state index contributed by atoms with van der Waals surface area (Å²) in [4.78, 5) is 8.68. The maximum atomic E-state index is 5.82. The molecule has 1 aliphatic rings. The molecular weight excluding hydrogens is 306 g/mol. The van der Waals surface area contributed by atoms with Crippen LogP contribution in [0.15, 0.2) is 29.0 Å². The number of ether oxygens (including phenoxy) is 1. The van der Waals surface area contributed by atoms with Gasteiger partial charge in [-0.2, -0.15) is 0 Å². The van der Waals surface area contributed by atoms with Crippen LogP contribution in [0.5, 0.6) is 11.6 Å². The maximum absolute atomic E-state index is 5.82. The number of nitrogens with two attached hydrogens (primary N) is 1. The van der Waals surface area contributed by atoms with Crippen LogP contribution in [-0.4, -0.2) is 9.97 Å². The number of pyridine rings is 2. The molecule has 1 aliphatic carbocycles. The first-order valence-corrected chi connectivity index (χ1v) is 7.05. The average molecular weight is 320 g/mol. The summed E-state index contributed by atoms with van der Waals surface area (Å²) in [6.45, 7) is 0.428. The zero-order chi connectivity index (χ0) is 13.2. The van der Waals surface area contributed by atoms with Crippen molar-refractivity contribution in [1.82, 2.24) is 9.97 Å². The zero-order valence-corrected chi connectivity index (χ0v) is 12.0. The van der Waals surface area contributed by atoms with E-state index in [-0.39, 0.29) is 0 Å². The molecule has 2 aromatic rings. The van der Waals surface area contributed by atoms with Crippen molar-refractivity contribution in [3.63, 3.8) is 0 Å². The van der Waals surface area contributed by atoms with Crippen molar-refractivity contribution < 1.29 is 4.74 Å². The Balaban J connectivity index is 1.96. The molecule has 0 saturated carbocycles. The highest BCUT2D eigenvalue weighted by molar-refractivity contribution is 9.10. The average Bonchev–Trinajstić information content (AvgIpc) is 2.85. The van der Waals surface area contributed by atoms with Gasteiger partial charge in [-0.25, -0.2) is 4.98 Å². The van der Waals surface area contributed by atoms with Gasteiger partial charge in [0.15, 0.2) is 0 Å². The van der Waals surface area contributed by atoms with Crippen LogP contribution < -0.4 is 10.5 Å². The van der Waals surface area contributed by atoms with Crippen molar-refractivity contribution in [3.8, 4) is 11.6 Å². The normalized spacial score (nSPS) is 13.4. The summed E-state index contributed by atoms with van der Waals surface area (Å²) in [6.07, 6.45) is 6.66. The van der Waals surface area contributed by atoms with Gasteiger partial charge in [-0.3, -0.25) is 4.98 Å². The lowest BCUT2D eigenvalue weighted by molar-refractivity contribution is 0.452. The summed E-state index contributed by atoms with van der Waals surface area (Å²) in [5.74, 6) is 1.26. The zero-order valence-electron chi connectivity index (χ0n) is 10.4. The van der Waals surface area contributed by atoms with E-state index < -0.39 is 0 Å². The molecule has 19 heavy (non-hydrogen) atoms. The summed E-state index contributed by atoms with van der Waals surface area (Å²) >= 11 is 3.37. The van der Waals surface area contributed by atoms with E-state index in [1.54, 1.807) is 12.4 Å². The van der Waals surface area contributed by atoms with Gasteiger partial charge in [0.2, 0.25) is 5.88 Å². The molecule has 0 fully saturated rings. The lowest BCUT2D eigenvalue weighted by Crippen LogP contribution is -2.04. The molecule has 0 radical (unpaired) electrons. The minimum Gasteiger partial charge on any atom is -0.437 e. The second-order valence-electron chi connectivity index (χ2n) is 4.56. The van der Waals surface area contributed by atoms with Gasteiger partial charge in [0.05, 0.1) is 6.20 Å². The summed E-state index contributed by atoms with van der Waals surface area (Å²) in [5, 5.41) is 0. The molecule has 98 valence electrons. The van der Waals surface area contributed by atoms with Crippen LogP contribution in [0.4, 0.5) is 0 Å². The molecule has 0 aliphatic heterocycles. The Kier molecular flexibility index (Phi) is 3.48. The highest BCUT2D eigenvalue weighted by atomic mass is 79.9. The van der Waals surface area contributed by atoms with E-state index in [1.165, 1.54) is 5.56 Å². The standard InChI is InChI=1S/C14H14BrN3O/c15-11-5-12(8-17-7-11)19-14-10(6-16)4-9-2-1-3-13(9)18-14/h4-5,7-8H,1-3,6,16H2. The Morgan fingerprint density at radius 1 is 1.26 bits per heavy atom. The van der Waals surface area contributed by atoms with Gasteiger partial charge in [0.25, 0.3) is 0 Å². The van der Waals surface area contributed by atoms with Crippen LogP contribution in [0, 0.1) is 0 Å². The topological polar surface area (TPSA) is 61.0 Å². The van der Waals surface area contributed by atoms with Crippen LogP contribution in [0.2, 0.25) is 0 Å². The molecule has 2 N–H and O–H groups in total. The molecule has 2 heterocycles. The van der Waals surface area contributed by atoms with E-state index in [4.69, 9.17) is 10.5 Å². The van der Waals surface area contributed by atoms with Crippen molar-refractivity contribution in [3.05, 3.63) is 45.8 Å². The number of nitrogens with zero attached hydrogens (tertiary/aromatic N) is 2. The van der Waals surface area contributed by atoms with Gasteiger partial charge >= 0.3 is 0 Å². The van der Waals surface area contributed by atoms with Crippen molar-refractivity contribution >= 4 is 15.9 Å². The van der Waals surface area contributed by atoms with Gasteiger partial charge in [-0.1, -0.05) is 0 Å². The molecule has 0 amide bonds. The van der Waals surface area contributed by atoms with Crippen LogP contribution in [0.3, 0.4) is 0 Å². The SMILES string of the molecule is NCc1cc2c(nc1Oc1cncc(Br)c1)CCC2. The van der Waals surface area contributed by atoms with Gasteiger partial charge in [0, 0.05) is 28.5 Å². The smallest absolute Gasteiger partial charge is 0.224 e. The predicted molar refractivity (Wildman–Crippen MR) is 76.2 cm³/mol. The molecule has 0 aromatic carbocycles. The van der Waals surface area contributed by atoms with E-state index in [0.29, 0.717) is 18.2 Å². The highest BCUT2D eigenvalue weighted by Crippen LogP contribution is 2.29. The van der Waals surface area contributed by atoms with Crippen molar-refractivity contribution in [2.24, 2.45) is 5.73 Å². The third kappa shape index (κ3) is 2.62. The third-order valence-electron chi connectivity index (χ3n) is 3.20. The van der Waals surface area contributed by atoms with Crippen molar-refractivity contribution in [2.45, 2.75) is 25.8 Å². The first-order chi connectivity index (χ1) is 9.26. The third-order valence-corrected chi connectivity index (χ3v) is 3.64. The fourth-order valence-corrected chi connectivity index (χ4v) is 2.64. The Morgan fingerprint density at radius 2 is 2.16 bits per heavy atom. The van der Waals surface area contributed by atoms with Gasteiger partial charge in [0.1, 0.15) is 5.75 Å². The van der Waals surface area contributed by atoms with Crippen LogP contribution >= 0.6 is 15.9 Å². The van der Waals surface area contributed by atoms with E-state index in [9.17, 15) is 0 Å². The molecular formula is C14H14BrN3O. The Labute approximate surface area is 120 Å². The molecule has 0 spiro atoms. The molecule has 3 rings (SSSR count). The molecule has 0 atom stereocenters. The molecule has 0 bridgehead atoms. The van der Waals surface area contributed by atoms with Crippen LogP contribution in [0.1, 0.15) is 23.2 Å². The number of halogens is 1. The number of aryl methyl sites for hydroxylation is 2. The lowest BCUT2D eigenvalue weighted by atomic mass is 10.1. The number of hydrogen-bond donors (Lipinski definition) is 1. The summed E-state index contributed by atoms with van der Waals surface area (Å²) < 4.78 is 6.70. The maximum Gasteiger partial charge on any atom is 0.224 e. The van der Waals surface area contributed by atoms with E-state index in [0.717, 1.165) is 35.0 Å². The van der Waals surface area contributed by atoms with Crippen molar-refractivity contribution in [1.29, 1.82) is 0 Å². The number of fused-ring (bicyclic) bond motifs is 1. The Bertz CT molecular complexity index is 616. The molecule has 0 unspecified atom stereocenters. The molecule has 0 saturated heterocycles. The molecule has 2 aromatic heterocycles. The van der Waals surface area contributed by atoms with Crippen molar-refractivity contribution in [2.75, 3.05) is 0 Å². The summed E-state index contributed by atoms with van der Waals surface area (Å²) in [7, 11) is 0. The predicted octanol–water partition coefficient (Wildman–Crippen LogP) is 2.98. The van der Waals surface area contributed by atoms with Gasteiger partial charge in [-0.05, 0) is 52.9 Å². The largest absolute Gasteiger partial charge is 0.437 e. The van der Waals surface area contributed by atoms with Crippen LogP contribution in [-0.2, 0) is 19.4 Å². The minimum absolute atomic E-state index is 0.428.